The van der Waals surface area contributed by atoms with E-state index in [4.69, 9.17) is 0 Å². The maximum atomic E-state index is 12.6. The van der Waals surface area contributed by atoms with Crippen LogP contribution in [0.5, 0.6) is 0 Å². The molecule has 0 spiro atoms. The lowest BCUT2D eigenvalue weighted by Crippen LogP contribution is -2.23. The molecule has 3 aromatic rings. The molecule has 3 aromatic heterocycles. The fraction of sp³-hybridized carbons (Fsp3) is 0.0714. The van der Waals surface area contributed by atoms with Crippen molar-refractivity contribution in [2.45, 2.75) is 6.18 Å². The second kappa shape index (κ2) is 5.84. The van der Waals surface area contributed by atoms with Gasteiger partial charge in [-0.3, -0.25) is 0 Å². The first-order valence-electron chi connectivity index (χ1n) is 6.38. The molecule has 3 heterocycles. The number of rotatable bonds is 3. The first-order chi connectivity index (χ1) is 10.9. The van der Waals surface area contributed by atoms with E-state index >= 15 is 0 Å². The van der Waals surface area contributed by atoms with Crippen LogP contribution in [-0.2, 0) is 6.18 Å². The minimum atomic E-state index is -4.50. The lowest BCUT2D eigenvalue weighted by atomic mass is 10.2. The van der Waals surface area contributed by atoms with Crippen LogP contribution in [0.25, 0.3) is 11.3 Å². The second-order valence-electron chi connectivity index (χ2n) is 4.52. The number of alkyl halides is 3. The van der Waals surface area contributed by atoms with Crippen LogP contribution in [0.2, 0.25) is 0 Å². The summed E-state index contributed by atoms with van der Waals surface area (Å²) >= 11 is 1.20. The molecule has 23 heavy (non-hydrogen) atoms. The minimum Gasteiger partial charge on any atom is -0.619 e. The standard InChI is InChI=1S/C14H9F3N4OS/c15-14(16,17)11-4-1-5-12(19-11)20-13-18-10(8-23-13)9-3-2-6-21(22)7-9/h1-8H,(H,18,19,20). The highest BCUT2D eigenvalue weighted by atomic mass is 32.1. The third-order valence-electron chi connectivity index (χ3n) is 2.85. The van der Waals surface area contributed by atoms with Gasteiger partial charge >= 0.3 is 6.18 Å². The van der Waals surface area contributed by atoms with Crippen LogP contribution in [0.4, 0.5) is 24.1 Å². The van der Waals surface area contributed by atoms with E-state index in [1.54, 1.807) is 17.5 Å². The third-order valence-corrected chi connectivity index (χ3v) is 3.61. The van der Waals surface area contributed by atoms with Crippen LogP contribution < -0.4 is 10.0 Å². The number of hydrogen-bond acceptors (Lipinski definition) is 5. The van der Waals surface area contributed by atoms with Crippen molar-refractivity contribution in [2.75, 3.05) is 5.32 Å². The van der Waals surface area contributed by atoms with Gasteiger partial charge in [0.05, 0.1) is 11.3 Å². The van der Waals surface area contributed by atoms with Gasteiger partial charge in [-0.2, -0.15) is 17.9 Å². The van der Waals surface area contributed by atoms with Crippen molar-refractivity contribution >= 4 is 22.3 Å². The normalized spacial score (nSPS) is 11.4. The maximum Gasteiger partial charge on any atom is 0.433 e. The molecular weight excluding hydrogens is 329 g/mol. The summed E-state index contributed by atoms with van der Waals surface area (Å²) in [5, 5.41) is 16.1. The van der Waals surface area contributed by atoms with E-state index in [-0.39, 0.29) is 5.82 Å². The Labute approximate surface area is 132 Å². The van der Waals surface area contributed by atoms with Gasteiger partial charge in [0.2, 0.25) is 0 Å². The molecule has 0 atom stereocenters. The fourth-order valence-electron chi connectivity index (χ4n) is 1.84. The van der Waals surface area contributed by atoms with Gasteiger partial charge in [0.1, 0.15) is 11.5 Å². The van der Waals surface area contributed by atoms with E-state index in [1.807, 2.05) is 0 Å². The minimum absolute atomic E-state index is 0.0488. The van der Waals surface area contributed by atoms with Gasteiger partial charge in [-0.15, -0.1) is 11.3 Å². The Bertz CT molecular complexity index is 835. The number of thiazole rings is 1. The van der Waals surface area contributed by atoms with Crippen molar-refractivity contribution in [1.82, 2.24) is 9.97 Å². The van der Waals surface area contributed by atoms with Crippen LogP contribution in [0.15, 0.2) is 48.1 Å². The Morgan fingerprint density at radius 2 is 1.96 bits per heavy atom. The van der Waals surface area contributed by atoms with Gasteiger partial charge < -0.3 is 10.5 Å². The second-order valence-corrected chi connectivity index (χ2v) is 5.38. The van der Waals surface area contributed by atoms with Crippen molar-refractivity contribution in [1.29, 1.82) is 0 Å². The number of anilines is 2. The van der Waals surface area contributed by atoms with Gasteiger partial charge in [-0.25, -0.2) is 9.97 Å². The van der Waals surface area contributed by atoms with Gasteiger partial charge in [0, 0.05) is 11.4 Å². The van der Waals surface area contributed by atoms with Gasteiger partial charge in [0.15, 0.2) is 17.5 Å². The van der Waals surface area contributed by atoms with E-state index in [2.05, 4.69) is 15.3 Å². The van der Waals surface area contributed by atoms with Gasteiger partial charge in [-0.05, 0) is 18.2 Å². The van der Waals surface area contributed by atoms with Crippen molar-refractivity contribution in [3.8, 4) is 11.3 Å². The summed E-state index contributed by atoms with van der Waals surface area (Å²) in [5.74, 6) is 0.0488. The van der Waals surface area contributed by atoms with E-state index < -0.39 is 11.9 Å². The number of halogens is 3. The molecule has 9 heteroatoms. The van der Waals surface area contributed by atoms with E-state index in [0.29, 0.717) is 21.1 Å². The molecule has 0 aliphatic rings. The van der Waals surface area contributed by atoms with E-state index in [9.17, 15) is 18.4 Å². The molecule has 118 valence electrons. The molecule has 0 amide bonds. The molecule has 5 nitrogen and oxygen atoms in total. The quantitative estimate of drug-likeness (QED) is 0.585. The Kier molecular flexibility index (Phi) is 3.87. The third kappa shape index (κ3) is 3.57. The van der Waals surface area contributed by atoms with Crippen LogP contribution in [0, 0.1) is 5.21 Å². The molecular formula is C14H9F3N4OS. The Morgan fingerprint density at radius 3 is 2.70 bits per heavy atom. The Balaban J connectivity index is 1.82. The summed E-state index contributed by atoms with van der Waals surface area (Å²) in [7, 11) is 0. The first-order valence-corrected chi connectivity index (χ1v) is 7.26. The summed E-state index contributed by atoms with van der Waals surface area (Å²) in [4.78, 5) is 7.75. The molecule has 0 bridgehead atoms. The average Bonchev–Trinajstić information content (AvgIpc) is 2.95. The van der Waals surface area contributed by atoms with Gasteiger partial charge in [-0.1, -0.05) is 6.07 Å². The number of nitrogens with zero attached hydrogens (tertiary/aromatic N) is 3. The number of pyridine rings is 2. The van der Waals surface area contributed by atoms with Crippen LogP contribution in [-0.4, -0.2) is 9.97 Å². The highest BCUT2D eigenvalue weighted by Crippen LogP contribution is 2.30. The van der Waals surface area contributed by atoms with Crippen LogP contribution in [0.1, 0.15) is 5.69 Å². The average molecular weight is 338 g/mol. The molecule has 0 saturated carbocycles. The zero-order valence-electron chi connectivity index (χ0n) is 11.4. The molecule has 0 aromatic carbocycles. The highest BCUT2D eigenvalue weighted by molar-refractivity contribution is 7.14. The summed E-state index contributed by atoms with van der Waals surface area (Å²) in [6.07, 6.45) is -1.79. The smallest absolute Gasteiger partial charge is 0.433 e. The molecule has 0 unspecified atom stereocenters. The predicted octanol–water partition coefficient (Wildman–Crippen LogP) is 3.60. The molecule has 0 fully saturated rings. The Hall–Kier alpha value is -2.68. The topological polar surface area (TPSA) is 64.8 Å². The van der Waals surface area contributed by atoms with Crippen LogP contribution in [0.3, 0.4) is 0 Å². The summed E-state index contributed by atoms with van der Waals surface area (Å²) in [6, 6.07) is 6.89. The number of hydrogen-bond donors (Lipinski definition) is 1. The Morgan fingerprint density at radius 1 is 1.13 bits per heavy atom. The van der Waals surface area contributed by atoms with Crippen LogP contribution >= 0.6 is 11.3 Å². The molecule has 0 aliphatic carbocycles. The molecule has 1 N–H and O–H groups in total. The number of nitrogens with one attached hydrogen (secondary N) is 1. The molecule has 0 aliphatic heterocycles. The van der Waals surface area contributed by atoms with Gasteiger partial charge in [0.25, 0.3) is 0 Å². The fourth-order valence-corrected chi connectivity index (χ4v) is 2.57. The largest absolute Gasteiger partial charge is 0.619 e. The molecule has 3 rings (SSSR count). The first kappa shape index (κ1) is 15.2. The molecule has 0 radical (unpaired) electrons. The van der Waals surface area contributed by atoms with Crippen molar-refractivity contribution in [3.05, 3.63) is 59.0 Å². The monoisotopic (exact) mass is 338 g/mol. The summed E-state index contributed by atoms with van der Waals surface area (Å²) in [5.41, 5.74) is 0.188. The van der Waals surface area contributed by atoms with Crippen molar-refractivity contribution in [3.63, 3.8) is 0 Å². The summed E-state index contributed by atoms with van der Waals surface area (Å²) < 4.78 is 38.6. The van der Waals surface area contributed by atoms with E-state index in [1.165, 1.54) is 35.9 Å². The predicted molar refractivity (Wildman–Crippen MR) is 79.0 cm³/mol. The summed E-state index contributed by atoms with van der Waals surface area (Å²) in [6.45, 7) is 0. The number of aromatic nitrogens is 3. The lowest BCUT2D eigenvalue weighted by molar-refractivity contribution is -0.604. The molecule has 0 saturated heterocycles. The highest BCUT2D eigenvalue weighted by Gasteiger charge is 2.32. The lowest BCUT2D eigenvalue weighted by Gasteiger charge is -2.07. The zero-order chi connectivity index (χ0) is 16.4. The van der Waals surface area contributed by atoms with Crippen molar-refractivity contribution in [2.24, 2.45) is 0 Å². The SMILES string of the molecule is [O-][n+]1cccc(-c2csc(Nc3cccc(C(F)(F)F)n3)n2)c1. The van der Waals surface area contributed by atoms with E-state index in [0.717, 1.165) is 6.07 Å². The zero-order valence-corrected chi connectivity index (χ0v) is 12.2. The maximum absolute atomic E-state index is 12.6. The van der Waals surface area contributed by atoms with Crippen molar-refractivity contribution < 1.29 is 17.9 Å².